The lowest BCUT2D eigenvalue weighted by atomic mass is 10.3. The van der Waals surface area contributed by atoms with Crippen LogP contribution in [0.2, 0.25) is 0 Å². The van der Waals surface area contributed by atoms with Gasteiger partial charge in [0.2, 0.25) is 0 Å². The van der Waals surface area contributed by atoms with Gasteiger partial charge in [0, 0.05) is 0 Å². The minimum Gasteiger partial charge on any atom is -0.109 e. The van der Waals surface area contributed by atoms with Crippen LogP contribution in [0.1, 0.15) is 20.8 Å². The third-order valence-corrected chi connectivity index (χ3v) is 3.85. The molecule has 0 aliphatic rings. The fourth-order valence-electron chi connectivity index (χ4n) is 1.43. The van der Waals surface area contributed by atoms with Crippen LogP contribution in [0.3, 0.4) is 0 Å². The maximum Gasteiger partial charge on any atom is 0.323 e. The van der Waals surface area contributed by atoms with Gasteiger partial charge < -0.3 is 0 Å². The Balaban J connectivity index is 0.000000317. The molecule has 0 fully saturated rings. The third kappa shape index (κ3) is 7.00. The van der Waals surface area contributed by atoms with E-state index in [1.807, 2.05) is 0 Å². The Morgan fingerprint density at radius 3 is 1.24 bits per heavy atom. The fourth-order valence-corrected chi connectivity index (χ4v) is 2.91. The average Bonchev–Trinajstić information content (AvgIpc) is 2.31. The highest BCUT2D eigenvalue weighted by Crippen LogP contribution is 1.84. The molecule has 2 aromatic carbocycles. The van der Waals surface area contributed by atoms with Crippen molar-refractivity contribution in [2.45, 2.75) is 20.8 Å². The van der Waals surface area contributed by atoms with Gasteiger partial charge in [-0.25, -0.2) is 0 Å². The first-order valence-electron chi connectivity index (χ1n) is 6.26. The van der Waals surface area contributed by atoms with E-state index < -0.39 is 0 Å². The molecule has 17 heavy (non-hydrogen) atoms. The van der Waals surface area contributed by atoms with Gasteiger partial charge in [0.1, 0.15) is 0 Å². The first kappa shape index (κ1) is 14.0. The first-order valence-corrected chi connectivity index (χ1v) is 7.67. The zero-order valence-electron chi connectivity index (χ0n) is 11.1. The van der Waals surface area contributed by atoms with E-state index in [0.29, 0.717) is 0 Å². The molecule has 0 radical (unpaired) electrons. The van der Waals surface area contributed by atoms with Crippen molar-refractivity contribution < 1.29 is 0 Å². The molecule has 0 heterocycles. The maximum atomic E-state index is 2.22. The monoisotopic (exact) mass is 240 g/mol. The smallest absolute Gasteiger partial charge is 0.109 e. The second-order valence-electron chi connectivity index (χ2n) is 4.88. The summed E-state index contributed by atoms with van der Waals surface area (Å²) in [6, 6.07) is 21.5. The molecule has 0 spiro atoms. The molecule has 0 saturated carbocycles. The third-order valence-electron chi connectivity index (χ3n) is 2.09. The van der Waals surface area contributed by atoms with Gasteiger partial charge in [-0.05, 0) is 5.92 Å². The topological polar surface area (TPSA) is 0 Å². The molecule has 1 heteroatoms. The number of hydrogen-bond donors (Lipinski definition) is 0. The van der Waals surface area contributed by atoms with Gasteiger partial charge >= 0.3 is 15.2 Å². The quantitative estimate of drug-likeness (QED) is 0.708. The molecule has 0 saturated heterocycles. The van der Waals surface area contributed by atoms with Gasteiger partial charge in [-0.2, -0.15) is 0 Å². The van der Waals surface area contributed by atoms with E-state index in [0.717, 1.165) is 5.92 Å². The molecule has 0 amide bonds. The SMILES string of the molecule is CC(C)C.c1cc[c]([AlH][c]2ccccc2)cc1. The lowest BCUT2D eigenvalue weighted by Gasteiger charge is -1.97. The van der Waals surface area contributed by atoms with Crippen LogP contribution >= 0.6 is 0 Å². The van der Waals surface area contributed by atoms with Gasteiger partial charge in [-0.3, -0.25) is 0 Å². The van der Waals surface area contributed by atoms with Crippen molar-refractivity contribution in [1.29, 1.82) is 0 Å². The number of hydrogen-bond acceptors (Lipinski definition) is 0. The van der Waals surface area contributed by atoms with E-state index in [4.69, 9.17) is 0 Å². The highest BCUT2D eigenvalue weighted by Gasteiger charge is 1.97. The zero-order chi connectivity index (χ0) is 12.5. The van der Waals surface area contributed by atoms with Gasteiger partial charge in [0.15, 0.2) is 0 Å². The summed E-state index contributed by atoms with van der Waals surface area (Å²) in [6.45, 7) is 6.50. The lowest BCUT2D eigenvalue weighted by molar-refractivity contribution is 0.737. The summed E-state index contributed by atoms with van der Waals surface area (Å²) in [5, 5.41) is 0. The second kappa shape index (κ2) is 8.12. The van der Waals surface area contributed by atoms with Crippen LogP contribution in [0.4, 0.5) is 0 Å². The highest BCUT2D eigenvalue weighted by atomic mass is 27.1. The van der Waals surface area contributed by atoms with Crippen LogP contribution in [0.15, 0.2) is 60.7 Å². The van der Waals surface area contributed by atoms with Crippen molar-refractivity contribution in [3.05, 3.63) is 60.7 Å². The molecule has 0 aliphatic heterocycles. The van der Waals surface area contributed by atoms with Crippen LogP contribution in [-0.2, 0) is 0 Å². The van der Waals surface area contributed by atoms with Gasteiger partial charge in [0.25, 0.3) is 0 Å². The van der Waals surface area contributed by atoms with E-state index >= 15 is 0 Å². The van der Waals surface area contributed by atoms with Gasteiger partial charge in [-0.1, -0.05) is 81.4 Å². The molecule has 0 atom stereocenters. The van der Waals surface area contributed by atoms with Crippen LogP contribution < -0.4 is 8.85 Å². The summed E-state index contributed by atoms with van der Waals surface area (Å²) in [4.78, 5) is 0. The zero-order valence-corrected chi connectivity index (χ0v) is 12.5. The van der Waals surface area contributed by atoms with Crippen LogP contribution in [0, 0.1) is 5.92 Å². The Hall–Kier alpha value is -1.03. The van der Waals surface area contributed by atoms with Crippen LogP contribution in [0.5, 0.6) is 0 Å². The van der Waals surface area contributed by atoms with Crippen molar-refractivity contribution in [1.82, 2.24) is 0 Å². The summed E-state index contributed by atoms with van der Waals surface area (Å²) >= 11 is -0.234. The maximum absolute atomic E-state index is 2.22. The molecule has 0 bridgehead atoms. The largest absolute Gasteiger partial charge is 0.323 e. The van der Waals surface area contributed by atoms with Crippen LogP contribution in [-0.4, -0.2) is 15.2 Å². The van der Waals surface area contributed by atoms with E-state index in [2.05, 4.69) is 81.4 Å². The van der Waals surface area contributed by atoms with E-state index in [-0.39, 0.29) is 15.2 Å². The Morgan fingerprint density at radius 2 is 0.941 bits per heavy atom. The molecular weight excluding hydrogens is 219 g/mol. The standard InChI is InChI=1S/2C6H5.C4H10.Al.H/c2*1-2-4-6-5-3-1;1-4(2)3;;/h2*1-5H;4H,1-3H3;;. The molecule has 88 valence electrons. The van der Waals surface area contributed by atoms with E-state index in [9.17, 15) is 0 Å². The Bertz CT molecular complexity index is 352. The number of rotatable bonds is 2. The van der Waals surface area contributed by atoms with Crippen molar-refractivity contribution in [2.75, 3.05) is 0 Å². The van der Waals surface area contributed by atoms with Gasteiger partial charge in [-0.15, -0.1) is 8.85 Å². The molecule has 0 unspecified atom stereocenters. The molecule has 2 aromatic rings. The normalized spacial score (nSPS) is 9.41. The Morgan fingerprint density at radius 1 is 0.647 bits per heavy atom. The van der Waals surface area contributed by atoms with Crippen LogP contribution in [0.25, 0.3) is 0 Å². The molecule has 0 N–H and O–H groups in total. The lowest BCUT2D eigenvalue weighted by Crippen LogP contribution is -2.26. The summed E-state index contributed by atoms with van der Waals surface area (Å²) in [5.41, 5.74) is 0. The first-order chi connectivity index (χ1) is 8.18. The molecule has 0 nitrogen and oxygen atoms in total. The summed E-state index contributed by atoms with van der Waals surface area (Å²) in [6.07, 6.45) is 0. The Kier molecular flexibility index (Phi) is 6.70. The van der Waals surface area contributed by atoms with E-state index in [1.165, 1.54) is 8.85 Å². The molecule has 0 aromatic heterocycles. The minimum atomic E-state index is -0.234. The summed E-state index contributed by atoms with van der Waals surface area (Å²) in [7, 11) is 0. The summed E-state index contributed by atoms with van der Waals surface area (Å²) in [5.74, 6) is 0.833. The second-order valence-corrected chi connectivity index (χ2v) is 6.87. The average molecular weight is 240 g/mol. The molecular formula is C16H21Al. The van der Waals surface area contributed by atoms with Crippen molar-refractivity contribution >= 4 is 24.1 Å². The van der Waals surface area contributed by atoms with E-state index in [1.54, 1.807) is 0 Å². The fraction of sp³-hybridized carbons (Fsp3) is 0.250. The van der Waals surface area contributed by atoms with Gasteiger partial charge in [0.05, 0.1) is 0 Å². The predicted octanol–water partition coefficient (Wildman–Crippen LogP) is 2.74. The molecule has 0 aliphatic carbocycles. The Labute approximate surface area is 111 Å². The van der Waals surface area contributed by atoms with Crippen molar-refractivity contribution in [3.63, 3.8) is 0 Å². The van der Waals surface area contributed by atoms with Crippen molar-refractivity contribution in [2.24, 2.45) is 5.92 Å². The predicted molar refractivity (Wildman–Crippen MR) is 79.8 cm³/mol. The molecule has 2 rings (SSSR count). The number of benzene rings is 2. The highest BCUT2D eigenvalue weighted by molar-refractivity contribution is 6.67. The minimum absolute atomic E-state index is 0.234. The van der Waals surface area contributed by atoms with Crippen molar-refractivity contribution in [3.8, 4) is 0 Å². The summed E-state index contributed by atoms with van der Waals surface area (Å²) < 4.78 is 3.02.